The molecule has 0 atom stereocenters. The van der Waals surface area contributed by atoms with E-state index in [0.717, 1.165) is 0 Å². The molecule has 0 aliphatic rings. The Balaban J connectivity index is 2.62. The molecule has 0 saturated heterocycles. The quantitative estimate of drug-likeness (QED) is 0.423. The SMILES string of the molecule is ClCC=[CH][Pd]. The van der Waals surface area contributed by atoms with E-state index in [1.165, 1.54) is 0 Å². The summed E-state index contributed by atoms with van der Waals surface area (Å²) in [5.74, 6) is 0.598. The average Bonchev–Trinajstić information content (AvgIpc) is 1.41. The van der Waals surface area contributed by atoms with Crippen molar-refractivity contribution in [3.63, 3.8) is 0 Å². The summed E-state index contributed by atoms with van der Waals surface area (Å²) < 4.78 is 1.77. The summed E-state index contributed by atoms with van der Waals surface area (Å²) >= 11 is 8.02. The van der Waals surface area contributed by atoms with Gasteiger partial charge in [-0.15, -0.1) is 0 Å². The molecule has 0 aromatic rings. The second-order valence-electron chi connectivity index (χ2n) is 0.495. The molecule has 0 amide bonds. The molecule has 0 rings (SSSR count). The second kappa shape index (κ2) is 4.69. The van der Waals surface area contributed by atoms with Crippen molar-refractivity contribution in [2.75, 3.05) is 5.88 Å². The predicted octanol–water partition coefficient (Wildman–Crippen LogP) is 1.29. The van der Waals surface area contributed by atoms with Crippen LogP contribution >= 0.6 is 11.6 Å². The molecule has 0 bridgehead atoms. The van der Waals surface area contributed by atoms with E-state index in [2.05, 4.69) is 19.2 Å². The summed E-state index contributed by atoms with van der Waals surface area (Å²) in [6.45, 7) is 0. The van der Waals surface area contributed by atoms with Crippen LogP contribution < -0.4 is 0 Å². The summed E-state index contributed by atoms with van der Waals surface area (Å²) in [7, 11) is 0. The van der Waals surface area contributed by atoms with Crippen LogP contribution in [0.3, 0.4) is 0 Å². The van der Waals surface area contributed by atoms with Crippen molar-refractivity contribution in [2.24, 2.45) is 0 Å². The third-order valence-corrected chi connectivity index (χ3v) is 0.708. The van der Waals surface area contributed by atoms with Crippen LogP contribution in [0.5, 0.6) is 0 Å². The molecule has 0 radical (unpaired) electrons. The molecule has 0 aliphatic carbocycles. The molecule has 0 N–H and O–H groups in total. The normalized spacial score (nSPS) is 10.2. The summed E-state index contributed by atoms with van der Waals surface area (Å²) in [5.41, 5.74) is 0. The maximum absolute atomic E-state index is 5.19. The van der Waals surface area contributed by atoms with Gasteiger partial charge in [-0.3, -0.25) is 0 Å². The molecule has 0 aromatic heterocycles. The molecule has 0 aliphatic heterocycles. The zero-order valence-corrected chi connectivity index (χ0v) is 4.87. The first-order valence-corrected chi connectivity index (χ1v) is 2.62. The van der Waals surface area contributed by atoms with Crippen LogP contribution in [0.4, 0.5) is 0 Å². The summed E-state index contributed by atoms with van der Waals surface area (Å²) in [4.78, 5) is 0. The van der Waals surface area contributed by atoms with Gasteiger partial charge in [-0.2, -0.15) is 0 Å². The van der Waals surface area contributed by atoms with Gasteiger partial charge in [-0.05, 0) is 0 Å². The monoisotopic (exact) mass is 181 g/mol. The second-order valence-corrected chi connectivity index (χ2v) is 1.32. The van der Waals surface area contributed by atoms with Gasteiger partial charge in [-0.25, -0.2) is 0 Å². The van der Waals surface area contributed by atoms with Gasteiger partial charge >= 0.3 is 47.3 Å². The van der Waals surface area contributed by atoms with Crippen molar-refractivity contribution in [2.45, 2.75) is 0 Å². The summed E-state index contributed by atoms with van der Waals surface area (Å²) in [6, 6.07) is 0. The molecule has 5 heavy (non-hydrogen) atoms. The Morgan fingerprint density at radius 2 is 2.40 bits per heavy atom. The first kappa shape index (κ1) is 5.69. The Morgan fingerprint density at radius 3 is 2.40 bits per heavy atom. The Kier molecular flexibility index (Phi) is 5.34. The third kappa shape index (κ3) is 4.69. The first-order valence-electron chi connectivity index (χ1n) is 1.19. The van der Waals surface area contributed by atoms with Crippen molar-refractivity contribution in [1.29, 1.82) is 0 Å². The number of rotatable bonds is 1. The molecule has 33 valence electrons. The van der Waals surface area contributed by atoms with Gasteiger partial charge in [0.1, 0.15) is 0 Å². The van der Waals surface area contributed by atoms with E-state index in [-0.39, 0.29) is 0 Å². The van der Waals surface area contributed by atoms with E-state index < -0.39 is 0 Å². The van der Waals surface area contributed by atoms with E-state index in [4.69, 9.17) is 11.6 Å². The standard InChI is InChI=1S/C3H4Cl.Pd/c1-2-3-4;/h1-2H,3H2;. The Bertz CT molecular complexity index is 33.9. The third-order valence-electron chi connectivity index (χ3n) is 0.164. The van der Waals surface area contributed by atoms with Crippen LogP contribution in [0.15, 0.2) is 10.6 Å². The molecule has 0 saturated carbocycles. The van der Waals surface area contributed by atoms with Gasteiger partial charge in [0.2, 0.25) is 0 Å². The maximum atomic E-state index is 5.19. The van der Waals surface area contributed by atoms with E-state index in [1.807, 2.05) is 6.08 Å². The van der Waals surface area contributed by atoms with Crippen molar-refractivity contribution in [3.05, 3.63) is 10.6 Å². The fraction of sp³-hybridized carbons (Fsp3) is 0.333. The number of hydrogen-bond donors (Lipinski definition) is 0. The Morgan fingerprint density at radius 1 is 1.80 bits per heavy atom. The zero-order valence-electron chi connectivity index (χ0n) is 2.56. The topological polar surface area (TPSA) is 0 Å². The Hall–Kier alpha value is 0.692. The molecular weight excluding hydrogens is 178 g/mol. The van der Waals surface area contributed by atoms with Gasteiger partial charge < -0.3 is 0 Å². The molecule has 2 heteroatoms. The van der Waals surface area contributed by atoms with Crippen molar-refractivity contribution < 1.29 is 19.2 Å². The predicted molar refractivity (Wildman–Crippen MR) is 19.9 cm³/mol. The number of alkyl halides is 1. The average molecular weight is 182 g/mol. The zero-order chi connectivity index (χ0) is 4.12. The minimum absolute atomic E-state index is 0.598. The van der Waals surface area contributed by atoms with Gasteiger partial charge in [-0.1, -0.05) is 0 Å². The fourth-order valence-corrected chi connectivity index (χ4v) is 0.500. The molecule has 0 heterocycles. The molecule has 0 aromatic carbocycles. The molecule has 0 unspecified atom stereocenters. The van der Waals surface area contributed by atoms with Crippen molar-refractivity contribution in [1.82, 2.24) is 0 Å². The van der Waals surface area contributed by atoms with E-state index in [1.54, 1.807) is 4.55 Å². The summed E-state index contributed by atoms with van der Waals surface area (Å²) in [6.07, 6.45) is 1.82. The number of hydrogen-bond acceptors (Lipinski definition) is 0. The van der Waals surface area contributed by atoms with E-state index in [9.17, 15) is 0 Å². The first-order chi connectivity index (χ1) is 2.41. The Labute approximate surface area is 47.6 Å². The molecular formula is C3H4ClPd. The van der Waals surface area contributed by atoms with Crippen LogP contribution in [0.25, 0.3) is 0 Å². The van der Waals surface area contributed by atoms with Crippen molar-refractivity contribution in [3.8, 4) is 0 Å². The van der Waals surface area contributed by atoms with Crippen LogP contribution in [0.2, 0.25) is 0 Å². The van der Waals surface area contributed by atoms with Crippen LogP contribution in [-0.4, -0.2) is 5.88 Å². The van der Waals surface area contributed by atoms with Gasteiger partial charge in [0.25, 0.3) is 0 Å². The summed E-state index contributed by atoms with van der Waals surface area (Å²) in [5, 5.41) is 0. The van der Waals surface area contributed by atoms with Crippen molar-refractivity contribution >= 4 is 11.6 Å². The van der Waals surface area contributed by atoms with E-state index in [0.29, 0.717) is 5.88 Å². The molecule has 0 spiro atoms. The van der Waals surface area contributed by atoms with Gasteiger partial charge in [0.15, 0.2) is 0 Å². The van der Waals surface area contributed by atoms with Gasteiger partial charge in [0.05, 0.1) is 0 Å². The van der Waals surface area contributed by atoms with Crippen LogP contribution in [-0.2, 0) is 19.2 Å². The fourth-order valence-electron chi connectivity index (χ4n) is 0.0282. The number of halogens is 1. The van der Waals surface area contributed by atoms with Gasteiger partial charge in [0, 0.05) is 0 Å². The van der Waals surface area contributed by atoms with E-state index >= 15 is 0 Å². The minimum atomic E-state index is 0.598. The van der Waals surface area contributed by atoms with Crippen LogP contribution in [0.1, 0.15) is 0 Å². The van der Waals surface area contributed by atoms with Crippen LogP contribution in [0, 0.1) is 0 Å². The molecule has 0 fully saturated rings. The molecule has 0 nitrogen and oxygen atoms in total. The number of allylic oxidation sites excluding steroid dienone is 1.